The van der Waals surface area contributed by atoms with E-state index in [0.717, 1.165) is 0 Å². The minimum Gasteiger partial charge on any atom is -0.481 e. The van der Waals surface area contributed by atoms with Crippen molar-refractivity contribution in [3.8, 4) is 0 Å². The smallest absolute Gasteiger partial charge is 0.375 e. The van der Waals surface area contributed by atoms with Gasteiger partial charge in [0.2, 0.25) is 5.83 Å². The van der Waals surface area contributed by atoms with E-state index in [9.17, 15) is 32.3 Å². The van der Waals surface area contributed by atoms with Crippen LogP contribution in [0.1, 0.15) is 6.42 Å². The second-order valence-electron chi connectivity index (χ2n) is 2.72. The van der Waals surface area contributed by atoms with Gasteiger partial charge in [0.05, 0.1) is 6.08 Å². The summed E-state index contributed by atoms with van der Waals surface area (Å²) in [6.45, 7) is 0. The Balaban J connectivity index is 0. The molecule has 0 aliphatic carbocycles. The van der Waals surface area contributed by atoms with Crippen LogP contribution >= 0.6 is 0 Å². The van der Waals surface area contributed by atoms with Gasteiger partial charge in [-0.15, -0.1) is 0 Å². The number of rotatable bonds is 5. The standard InChI is InChI=1S/C4H4F2O4.C4H3FO4/c5-4(6,3(9)10)1-2(7)8;5-2(4(8)9)1-3(6)7/h1H2,(H,7,8)(H,9,10);1H,(H,6,7)(H,8,9)/b;2-1+. The highest BCUT2D eigenvalue weighted by molar-refractivity contribution is 5.92. The zero-order valence-corrected chi connectivity index (χ0v) is 8.84. The van der Waals surface area contributed by atoms with Crippen molar-refractivity contribution in [1.29, 1.82) is 0 Å². The van der Waals surface area contributed by atoms with Crippen LogP contribution in [0.5, 0.6) is 0 Å². The first kappa shape index (κ1) is 18.8. The van der Waals surface area contributed by atoms with Crippen molar-refractivity contribution in [3.05, 3.63) is 11.9 Å². The van der Waals surface area contributed by atoms with Gasteiger partial charge < -0.3 is 20.4 Å². The summed E-state index contributed by atoms with van der Waals surface area (Å²) in [5, 5.41) is 30.9. The molecule has 0 radical (unpaired) electrons. The normalized spacial score (nSPS) is 11.0. The zero-order valence-electron chi connectivity index (χ0n) is 8.84. The van der Waals surface area contributed by atoms with Crippen molar-refractivity contribution >= 4 is 23.9 Å². The Hall–Kier alpha value is -2.59. The molecule has 0 atom stereocenters. The van der Waals surface area contributed by atoms with Crippen LogP contribution in [0.15, 0.2) is 11.9 Å². The highest BCUT2D eigenvalue weighted by atomic mass is 19.3. The number of hydrogen-bond acceptors (Lipinski definition) is 4. The summed E-state index contributed by atoms with van der Waals surface area (Å²) in [6, 6.07) is 0. The summed E-state index contributed by atoms with van der Waals surface area (Å²) in [5.74, 6) is -13.6. The lowest BCUT2D eigenvalue weighted by molar-refractivity contribution is -0.171. The second kappa shape index (κ2) is 7.68. The Labute approximate surface area is 102 Å². The van der Waals surface area contributed by atoms with E-state index in [1.54, 1.807) is 0 Å². The number of alkyl halides is 2. The molecule has 0 bridgehead atoms. The van der Waals surface area contributed by atoms with Crippen LogP contribution in [0, 0.1) is 0 Å². The van der Waals surface area contributed by atoms with Gasteiger partial charge in [0.1, 0.15) is 6.42 Å². The van der Waals surface area contributed by atoms with E-state index in [2.05, 4.69) is 0 Å². The Kier molecular flexibility index (Phi) is 7.59. The van der Waals surface area contributed by atoms with E-state index >= 15 is 0 Å². The third-order valence-electron chi connectivity index (χ3n) is 1.14. The molecule has 0 rings (SSSR count). The quantitative estimate of drug-likeness (QED) is 0.523. The Morgan fingerprint density at radius 3 is 1.53 bits per heavy atom. The lowest BCUT2D eigenvalue weighted by Crippen LogP contribution is -2.30. The third kappa shape index (κ3) is 10.3. The van der Waals surface area contributed by atoms with Crippen LogP contribution in [-0.2, 0) is 19.2 Å². The zero-order chi connectivity index (χ0) is 15.8. The van der Waals surface area contributed by atoms with E-state index in [1.807, 2.05) is 0 Å². The second-order valence-corrected chi connectivity index (χ2v) is 2.72. The van der Waals surface area contributed by atoms with Crippen LogP contribution in [0.2, 0.25) is 0 Å². The highest BCUT2D eigenvalue weighted by Crippen LogP contribution is 2.17. The minimum absolute atomic E-state index is 0.0255. The van der Waals surface area contributed by atoms with Gasteiger partial charge in [-0.3, -0.25) is 4.79 Å². The predicted octanol–water partition coefficient (Wildman–Crippen LogP) is 0.190. The molecule has 0 saturated heterocycles. The molecule has 0 unspecified atom stereocenters. The average Bonchev–Trinajstić information content (AvgIpc) is 2.14. The number of carbonyl (C=O) groups is 4. The fraction of sp³-hybridized carbons (Fsp3) is 0.250. The number of hydrogen-bond donors (Lipinski definition) is 4. The first-order valence-corrected chi connectivity index (χ1v) is 4.06. The summed E-state index contributed by atoms with van der Waals surface area (Å²) in [4.78, 5) is 38.2. The van der Waals surface area contributed by atoms with Gasteiger partial charge in [0, 0.05) is 0 Å². The van der Waals surface area contributed by atoms with Crippen LogP contribution in [0.25, 0.3) is 0 Å². The summed E-state index contributed by atoms with van der Waals surface area (Å²) in [7, 11) is 0. The lowest BCUT2D eigenvalue weighted by Gasteiger charge is -2.05. The van der Waals surface area contributed by atoms with E-state index in [0.29, 0.717) is 0 Å². The maximum absolute atomic E-state index is 11.8. The van der Waals surface area contributed by atoms with Gasteiger partial charge in [-0.2, -0.15) is 13.2 Å². The van der Waals surface area contributed by atoms with E-state index in [4.69, 9.17) is 20.4 Å². The molecule has 0 amide bonds. The largest absolute Gasteiger partial charge is 0.481 e. The van der Waals surface area contributed by atoms with Crippen molar-refractivity contribution in [2.45, 2.75) is 12.3 Å². The Morgan fingerprint density at radius 1 is 1.00 bits per heavy atom. The molecule has 8 nitrogen and oxygen atoms in total. The van der Waals surface area contributed by atoms with Crippen molar-refractivity contribution in [2.24, 2.45) is 0 Å². The highest BCUT2D eigenvalue weighted by Gasteiger charge is 2.41. The van der Waals surface area contributed by atoms with E-state index in [1.165, 1.54) is 0 Å². The molecular formula is C8H7F3O8. The molecular weight excluding hydrogens is 281 g/mol. The number of aliphatic carboxylic acids is 4. The van der Waals surface area contributed by atoms with E-state index < -0.39 is 42.0 Å². The van der Waals surface area contributed by atoms with Crippen LogP contribution in [0.4, 0.5) is 13.2 Å². The van der Waals surface area contributed by atoms with Crippen molar-refractivity contribution in [2.75, 3.05) is 0 Å². The van der Waals surface area contributed by atoms with Gasteiger partial charge >= 0.3 is 29.8 Å². The third-order valence-corrected chi connectivity index (χ3v) is 1.14. The summed E-state index contributed by atoms with van der Waals surface area (Å²) < 4.78 is 35.3. The minimum atomic E-state index is -4.16. The summed E-state index contributed by atoms with van der Waals surface area (Å²) >= 11 is 0. The fourth-order valence-electron chi connectivity index (χ4n) is 0.436. The molecule has 0 aliphatic heterocycles. The van der Waals surface area contributed by atoms with Gasteiger partial charge in [0.25, 0.3) is 0 Å². The van der Waals surface area contributed by atoms with Gasteiger partial charge in [-0.25, -0.2) is 14.4 Å². The Bertz CT molecular complexity index is 414. The van der Waals surface area contributed by atoms with Crippen molar-refractivity contribution < 1.29 is 52.8 Å². The maximum atomic E-state index is 11.8. The number of carboxylic acids is 4. The molecule has 0 saturated carbocycles. The lowest BCUT2D eigenvalue weighted by atomic mass is 10.2. The molecule has 0 aromatic rings. The first-order chi connectivity index (χ1) is 8.40. The molecule has 19 heavy (non-hydrogen) atoms. The van der Waals surface area contributed by atoms with Crippen molar-refractivity contribution in [1.82, 2.24) is 0 Å². The molecule has 0 spiro atoms. The molecule has 108 valence electrons. The molecule has 0 heterocycles. The first-order valence-electron chi connectivity index (χ1n) is 4.06. The predicted molar refractivity (Wildman–Crippen MR) is 49.3 cm³/mol. The fourth-order valence-corrected chi connectivity index (χ4v) is 0.436. The molecule has 11 heteroatoms. The average molecular weight is 288 g/mol. The van der Waals surface area contributed by atoms with Gasteiger partial charge in [0.15, 0.2) is 0 Å². The van der Waals surface area contributed by atoms with Gasteiger partial charge in [-0.05, 0) is 0 Å². The summed E-state index contributed by atoms with van der Waals surface area (Å²) in [5.41, 5.74) is 0. The van der Waals surface area contributed by atoms with E-state index in [-0.39, 0.29) is 6.08 Å². The SMILES string of the molecule is O=C(O)/C=C(/F)C(=O)O.O=C(O)CC(F)(F)C(=O)O. The van der Waals surface area contributed by atoms with Gasteiger partial charge in [-0.1, -0.05) is 0 Å². The topological polar surface area (TPSA) is 149 Å². The number of carboxylic acid groups (broad SMARTS) is 4. The molecule has 4 N–H and O–H groups in total. The molecule has 0 aromatic carbocycles. The maximum Gasteiger partial charge on any atom is 0.375 e. The Morgan fingerprint density at radius 2 is 1.42 bits per heavy atom. The molecule has 0 aliphatic rings. The summed E-state index contributed by atoms with van der Waals surface area (Å²) in [6.07, 6.45) is -1.70. The van der Waals surface area contributed by atoms with Crippen LogP contribution in [-0.4, -0.2) is 50.2 Å². The van der Waals surface area contributed by atoms with Crippen molar-refractivity contribution in [3.63, 3.8) is 0 Å². The number of halogens is 3. The monoisotopic (exact) mass is 288 g/mol. The molecule has 0 aromatic heterocycles. The molecule has 0 fully saturated rings. The van der Waals surface area contributed by atoms with Crippen LogP contribution < -0.4 is 0 Å². The van der Waals surface area contributed by atoms with Crippen LogP contribution in [0.3, 0.4) is 0 Å².